The molecule has 1 aromatic heterocycles. The Balaban J connectivity index is 2.24. The summed E-state index contributed by atoms with van der Waals surface area (Å²) in [5.41, 5.74) is 0.708. The monoisotopic (exact) mass is 278 g/mol. The second kappa shape index (κ2) is 5.79. The van der Waals surface area contributed by atoms with Crippen LogP contribution in [-0.4, -0.2) is 20.7 Å². The van der Waals surface area contributed by atoms with Gasteiger partial charge in [0.2, 0.25) is 5.82 Å². The summed E-state index contributed by atoms with van der Waals surface area (Å²) in [4.78, 5) is 9.97. The van der Waals surface area contributed by atoms with Crippen LogP contribution >= 0.6 is 0 Å². The van der Waals surface area contributed by atoms with Gasteiger partial charge < -0.3 is 5.32 Å². The van der Waals surface area contributed by atoms with Crippen molar-refractivity contribution in [3.05, 3.63) is 52.1 Å². The maximum atomic E-state index is 13.3. The van der Waals surface area contributed by atoms with Gasteiger partial charge in [0, 0.05) is 24.8 Å². The van der Waals surface area contributed by atoms with Crippen molar-refractivity contribution >= 4 is 5.69 Å². The molecule has 0 aliphatic carbocycles. The highest BCUT2D eigenvalue weighted by atomic mass is 19.1. The lowest BCUT2D eigenvalue weighted by Crippen LogP contribution is -2.22. The molecule has 6 nitrogen and oxygen atoms in total. The van der Waals surface area contributed by atoms with Crippen LogP contribution in [0.3, 0.4) is 0 Å². The number of nitro groups is 1. The van der Waals surface area contributed by atoms with E-state index >= 15 is 0 Å². The smallest absolute Gasteiger partial charge is 0.306 e. The van der Waals surface area contributed by atoms with Crippen LogP contribution in [0.1, 0.15) is 19.5 Å². The molecule has 7 heteroatoms. The topological polar surface area (TPSA) is 73.0 Å². The molecule has 106 valence electrons. The Morgan fingerprint density at radius 1 is 1.45 bits per heavy atom. The van der Waals surface area contributed by atoms with Gasteiger partial charge >= 0.3 is 5.69 Å². The van der Waals surface area contributed by atoms with E-state index in [4.69, 9.17) is 0 Å². The molecule has 20 heavy (non-hydrogen) atoms. The van der Waals surface area contributed by atoms with E-state index in [0.29, 0.717) is 18.3 Å². The molecule has 0 saturated carbocycles. The summed E-state index contributed by atoms with van der Waals surface area (Å²) in [7, 11) is 0. The van der Waals surface area contributed by atoms with Crippen molar-refractivity contribution in [2.75, 3.05) is 0 Å². The fourth-order valence-electron chi connectivity index (χ4n) is 1.69. The third-order valence-electron chi connectivity index (χ3n) is 2.73. The average molecular weight is 278 g/mol. The second-order valence-electron chi connectivity index (χ2n) is 4.68. The number of hydrogen-bond acceptors (Lipinski definition) is 4. The van der Waals surface area contributed by atoms with E-state index in [1.54, 1.807) is 6.20 Å². The van der Waals surface area contributed by atoms with Gasteiger partial charge in [0.25, 0.3) is 0 Å². The van der Waals surface area contributed by atoms with Crippen molar-refractivity contribution in [2.24, 2.45) is 0 Å². The number of rotatable bonds is 5. The number of benzene rings is 1. The fraction of sp³-hybridized carbons (Fsp3) is 0.308. The summed E-state index contributed by atoms with van der Waals surface area (Å²) < 4.78 is 14.8. The van der Waals surface area contributed by atoms with Crippen LogP contribution in [0.25, 0.3) is 5.69 Å². The zero-order valence-electron chi connectivity index (χ0n) is 11.2. The minimum absolute atomic E-state index is 0.340. The molecule has 0 aliphatic rings. The Morgan fingerprint density at radius 3 is 2.85 bits per heavy atom. The first-order valence-electron chi connectivity index (χ1n) is 6.19. The molecule has 2 aromatic rings. The number of halogens is 1. The predicted octanol–water partition coefficient (Wildman–Crippen LogP) is 2.42. The van der Waals surface area contributed by atoms with E-state index < -0.39 is 16.4 Å². The summed E-state index contributed by atoms with van der Waals surface area (Å²) in [6, 6.07) is 5.84. The molecule has 0 amide bonds. The predicted molar refractivity (Wildman–Crippen MR) is 72.2 cm³/mol. The Labute approximate surface area is 115 Å². The van der Waals surface area contributed by atoms with Crippen molar-refractivity contribution in [1.29, 1.82) is 0 Å². The first-order valence-corrected chi connectivity index (χ1v) is 6.19. The quantitative estimate of drug-likeness (QED) is 0.673. The molecule has 1 heterocycles. The van der Waals surface area contributed by atoms with Gasteiger partial charge in [-0.25, -0.2) is 4.68 Å². The molecule has 2 rings (SSSR count). The number of nitro benzene ring substituents is 1. The number of hydrogen-bond donors (Lipinski definition) is 1. The summed E-state index contributed by atoms with van der Waals surface area (Å²) in [5.74, 6) is -0.854. The highest BCUT2D eigenvalue weighted by Gasteiger charge is 2.15. The minimum Gasteiger partial charge on any atom is -0.309 e. The Hall–Kier alpha value is -2.28. The fourth-order valence-corrected chi connectivity index (χ4v) is 1.69. The average Bonchev–Trinajstić information content (AvgIpc) is 2.85. The van der Waals surface area contributed by atoms with Gasteiger partial charge in [-0.05, 0) is 18.2 Å². The first-order chi connectivity index (χ1) is 9.47. The maximum absolute atomic E-state index is 13.3. The van der Waals surface area contributed by atoms with E-state index in [9.17, 15) is 14.5 Å². The van der Waals surface area contributed by atoms with Crippen LogP contribution in [0.5, 0.6) is 0 Å². The van der Waals surface area contributed by atoms with E-state index in [1.807, 2.05) is 19.9 Å². The molecule has 0 atom stereocenters. The van der Waals surface area contributed by atoms with Crippen molar-refractivity contribution < 1.29 is 9.31 Å². The molecule has 1 N–H and O–H groups in total. The Bertz CT molecular complexity index is 625. The first kappa shape index (κ1) is 14.1. The zero-order chi connectivity index (χ0) is 14.7. The highest BCUT2D eigenvalue weighted by Crippen LogP contribution is 2.20. The molecule has 0 fully saturated rings. The van der Waals surface area contributed by atoms with Gasteiger partial charge in [0.05, 0.1) is 16.3 Å². The van der Waals surface area contributed by atoms with Crippen LogP contribution in [-0.2, 0) is 6.54 Å². The van der Waals surface area contributed by atoms with Gasteiger partial charge in [0.15, 0.2) is 0 Å². The van der Waals surface area contributed by atoms with E-state index in [-0.39, 0.29) is 0 Å². The van der Waals surface area contributed by atoms with Gasteiger partial charge in [-0.2, -0.15) is 9.49 Å². The molecule has 0 bridgehead atoms. The Kier molecular flexibility index (Phi) is 4.09. The van der Waals surface area contributed by atoms with Crippen LogP contribution in [0.2, 0.25) is 0 Å². The zero-order valence-corrected chi connectivity index (χ0v) is 11.2. The summed E-state index contributed by atoms with van der Waals surface area (Å²) in [6.07, 6.45) is 1.69. The highest BCUT2D eigenvalue weighted by molar-refractivity contribution is 5.43. The van der Waals surface area contributed by atoms with Crippen molar-refractivity contribution in [1.82, 2.24) is 15.1 Å². The van der Waals surface area contributed by atoms with E-state index in [0.717, 1.165) is 11.8 Å². The molecule has 0 spiro atoms. The van der Waals surface area contributed by atoms with Gasteiger partial charge in [-0.15, -0.1) is 0 Å². The summed E-state index contributed by atoms with van der Waals surface area (Å²) in [6.45, 7) is 4.66. The van der Waals surface area contributed by atoms with Crippen LogP contribution < -0.4 is 5.32 Å². The third-order valence-corrected chi connectivity index (χ3v) is 2.73. The SMILES string of the molecule is CC(C)NCc1ccn(-c2ccc(F)c([N+](=O)[O-])c2)n1. The largest absolute Gasteiger partial charge is 0.309 e. The normalized spacial score (nSPS) is 11.0. The van der Waals surface area contributed by atoms with Crippen molar-refractivity contribution in [2.45, 2.75) is 26.4 Å². The van der Waals surface area contributed by atoms with Crippen LogP contribution in [0.4, 0.5) is 10.1 Å². The molecular weight excluding hydrogens is 263 g/mol. The van der Waals surface area contributed by atoms with Crippen LogP contribution in [0, 0.1) is 15.9 Å². The van der Waals surface area contributed by atoms with Gasteiger partial charge in [-0.1, -0.05) is 13.8 Å². The molecule has 0 radical (unpaired) electrons. The minimum atomic E-state index is -0.854. The molecular formula is C13H15FN4O2. The number of aromatic nitrogens is 2. The van der Waals surface area contributed by atoms with E-state index in [2.05, 4.69) is 10.4 Å². The molecule has 0 saturated heterocycles. The van der Waals surface area contributed by atoms with Crippen molar-refractivity contribution in [3.63, 3.8) is 0 Å². The standard InChI is InChI=1S/C13H15FN4O2/c1-9(2)15-8-10-5-6-17(16-10)11-3-4-12(14)13(7-11)18(19)20/h3-7,9,15H,8H2,1-2H3. The Morgan fingerprint density at radius 2 is 2.20 bits per heavy atom. The summed E-state index contributed by atoms with van der Waals surface area (Å²) >= 11 is 0. The third kappa shape index (κ3) is 3.18. The lowest BCUT2D eigenvalue weighted by molar-refractivity contribution is -0.387. The number of nitrogens with zero attached hydrogens (tertiary/aromatic N) is 3. The van der Waals surface area contributed by atoms with Crippen molar-refractivity contribution in [3.8, 4) is 5.69 Å². The lowest BCUT2D eigenvalue weighted by atomic mass is 10.2. The number of nitrogens with one attached hydrogen (secondary N) is 1. The van der Waals surface area contributed by atoms with E-state index in [1.165, 1.54) is 16.8 Å². The summed E-state index contributed by atoms with van der Waals surface area (Å²) in [5, 5.41) is 18.2. The second-order valence-corrected chi connectivity index (χ2v) is 4.68. The van der Waals surface area contributed by atoms with Crippen LogP contribution in [0.15, 0.2) is 30.5 Å². The van der Waals surface area contributed by atoms with Gasteiger partial charge in [-0.3, -0.25) is 10.1 Å². The molecule has 1 aromatic carbocycles. The lowest BCUT2D eigenvalue weighted by Gasteiger charge is -2.05. The maximum Gasteiger partial charge on any atom is 0.306 e. The van der Waals surface area contributed by atoms with Gasteiger partial charge in [0.1, 0.15) is 0 Å². The molecule has 0 unspecified atom stereocenters. The molecule has 0 aliphatic heterocycles.